The van der Waals surface area contributed by atoms with Gasteiger partial charge in [-0.15, -0.1) is 0 Å². The minimum Gasteiger partial charge on any atom is -0.491 e. The highest BCUT2D eigenvalue weighted by molar-refractivity contribution is 5.96. The standard InChI is InChI=1S/C13H18O4/c1-3-12(16)10-4-5-13(9(2)6-10)17-8-11(15)7-14/h4-6,11,14-15H,3,7-8H2,1-2H3. The van der Waals surface area contributed by atoms with Crippen molar-refractivity contribution in [1.82, 2.24) is 0 Å². The molecule has 1 aromatic rings. The highest BCUT2D eigenvalue weighted by atomic mass is 16.5. The summed E-state index contributed by atoms with van der Waals surface area (Å²) in [5, 5.41) is 17.8. The largest absolute Gasteiger partial charge is 0.491 e. The van der Waals surface area contributed by atoms with Crippen molar-refractivity contribution < 1.29 is 19.7 Å². The van der Waals surface area contributed by atoms with Gasteiger partial charge in [0.2, 0.25) is 0 Å². The average Bonchev–Trinajstić information content (AvgIpc) is 2.35. The molecule has 4 nitrogen and oxygen atoms in total. The number of rotatable bonds is 6. The third-order valence-electron chi connectivity index (χ3n) is 2.46. The van der Waals surface area contributed by atoms with Gasteiger partial charge in [-0.1, -0.05) is 6.92 Å². The maximum Gasteiger partial charge on any atom is 0.162 e. The van der Waals surface area contributed by atoms with Crippen molar-refractivity contribution in [2.45, 2.75) is 26.4 Å². The van der Waals surface area contributed by atoms with Crippen molar-refractivity contribution in [2.24, 2.45) is 0 Å². The van der Waals surface area contributed by atoms with Crippen LogP contribution in [0.4, 0.5) is 0 Å². The van der Waals surface area contributed by atoms with Crippen LogP contribution in [0.15, 0.2) is 18.2 Å². The molecule has 0 heterocycles. The number of aryl methyl sites for hydroxylation is 1. The molecule has 94 valence electrons. The van der Waals surface area contributed by atoms with E-state index < -0.39 is 6.10 Å². The van der Waals surface area contributed by atoms with Crippen LogP contribution in [0.5, 0.6) is 5.75 Å². The van der Waals surface area contributed by atoms with E-state index in [-0.39, 0.29) is 19.0 Å². The van der Waals surface area contributed by atoms with Gasteiger partial charge in [0.15, 0.2) is 5.78 Å². The van der Waals surface area contributed by atoms with Crippen molar-refractivity contribution in [1.29, 1.82) is 0 Å². The number of hydrogen-bond acceptors (Lipinski definition) is 4. The van der Waals surface area contributed by atoms with Crippen LogP contribution in [-0.2, 0) is 0 Å². The molecule has 0 radical (unpaired) electrons. The second-order valence-electron chi connectivity index (χ2n) is 3.90. The lowest BCUT2D eigenvalue weighted by Gasteiger charge is -2.12. The number of ether oxygens (including phenoxy) is 1. The van der Waals surface area contributed by atoms with E-state index in [2.05, 4.69) is 0 Å². The summed E-state index contributed by atoms with van der Waals surface area (Å²) in [5.74, 6) is 0.709. The van der Waals surface area contributed by atoms with Crippen LogP contribution in [0.2, 0.25) is 0 Å². The topological polar surface area (TPSA) is 66.8 Å². The summed E-state index contributed by atoms with van der Waals surface area (Å²) in [6.45, 7) is 3.37. The molecule has 0 aromatic heterocycles. The Morgan fingerprint density at radius 3 is 2.71 bits per heavy atom. The van der Waals surface area contributed by atoms with Crippen molar-refractivity contribution in [3.8, 4) is 5.75 Å². The Hall–Kier alpha value is -1.39. The van der Waals surface area contributed by atoms with E-state index >= 15 is 0 Å². The van der Waals surface area contributed by atoms with Gasteiger partial charge in [0.05, 0.1) is 6.61 Å². The molecule has 1 atom stereocenters. The maximum atomic E-state index is 11.5. The first-order valence-corrected chi connectivity index (χ1v) is 5.64. The summed E-state index contributed by atoms with van der Waals surface area (Å²) in [7, 11) is 0. The van der Waals surface area contributed by atoms with Gasteiger partial charge < -0.3 is 14.9 Å². The third-order valence-corrected chi connectivity index (χ3v) is 2.46. The first kappa shape index (κ1) is 13.7. The quantitative estimate of drug-likeness (QED) is 0.733. The number of Topliss-reactive ketones (excluding diaryl/α,β-unsaturated/α-hetero) is 1. The van der Waals surface area contributed by atoms with Gasteiger partial charge >= 0.3 is 0 Å². The summed E-state index contributed by atoms with van der Waals surface area (Å²) in [6.07, 6.45) is -0.408. The summed E-state index contributed by atoms with van der Waals surface area (Å²) < 4.78 is 5.34. The van der Waals surface area contributed by atoms with Gasteiger partial charge in [-0.2, -0.15) is 0 Å². The SMILES string of the molecule is CCC(=O)c1ccc(OCC(O)CO)c(C)c1. The van der Waals surface area contributed by atoms with Gasteiger partial charge in [0.1, 0.15) is 18.5 Å². The molecule has 0 fully saturated rings. The fourth-order valence-corrected chi connectivity index (χ4v) is 1.43. The van der Waals surface area contributed by atoms with Crippen LogP contribution < -0.4 is 4.74 Å². The minimum absolute atomic E-state index is 0.0401. The van der Waals surface area contributed by atoms with Crippen molar-refractivity contribution in [3.63, 3.8) is 0 Å². The number of ketones is 1. The molecule has 4 heteroatoms. The van der Waals surface area contributed by atoms with Crippen molar-refractivity contribution >= 4 is 5.78 Å². The Morgan fingerprint density at radius 1 is 1.47 bits per heavy atom. The molecule has 0 amide bonds. The van der Waals surface area contributed by atoms with Gasteiger partial charge in [-0.3, -0.25) is 4.79 Å². The first-order valence-electron chi connectivity index (χ1n) is 5.64. The Labute approximate surface area is 101 Å². The van der Waals surface area contributed by atoms with E-state index in [1.807, 2.05) is 13.8 Å². The molecule has 0 aliphatic carbocycles. The first-order chi connectivity index (χ1) is 8.08. The number of carbonyl (C=O) groups excluding carboxylic acids is 1. The Kier molecular flexibility index (Phi) is 5.12. The Bertz CT molecular complexity index is 387. The molecule has 17 heavy (non-hydrogen) atoms. The predicted octanol–water partition coefficient (Wildman–Crippen LogP) is 1.32. The number of aliphatic hydroxyl groups is 2. The summed E-state index contributed by atoms with van der Waals surface area (Å²) in [5.41, 5.74) is 1.51. The van der Waals surface area contributed by atoms with E-state index in [0.717, 1.165) is 5.56 Å². The molecule has 1 aromatic carbocycles. The smallest absolute Gasteiger partial charge is 0.162 e. The molecule has 1 unspecified atom stereocenters. The van der Waals surface area contributed by atoms with Crippen molar-refractivity contribution in [3.05, 3.63) is 29.3 Å². The lowest BCUT2D eigenvalue weighted by Crippen LogP contribution is -2.21. The molecule has 0 aliphatic rings. The zero-order chi connectivity index (χ0) is 12.8. The lowest BCUT2D eigenvalue weighted by molar-refractivity contribution is 0.0534. The van der Waals surface area contributed by atoms with E-state index in [0.29, 0.717) is 17.7 Å². The van der Waals surface area contributed by atoms with Crippen LogP contribution in [-0.4, -0.2) is 35.3 Å². The minimum atomic E-state index is -0.883. The maximum absolute atomic E-state index is 11.5. The summed E-state index contributed by atoms with van der Waals surface area (Å²) in [6, 6.07) is 5.19. The van der Waals surface area contributed by atoms with Gasteiger partial charge in [0.25, 0.3) is 0 Å². The van der Waals surface area contributed by atoms with Gasteiger partial charge in [-0.05, 0) is 30.7 Å². The van der Waals surface area contributed by atoms with Crippen LogP contribution in [0.1, 0.15) is 29.3 Å². The molecule has 0 aliphatic heterocycles. The zero-order valence-electron chi connectivity index (χ0n) is 10.1. The zero-order valence-corrected chi connectivity index (χ0v) is 10.1. The summed E-state index contributed by atoms with van der Waals surface area (Å²) >= 11 is 0. The molecule has 2 N–H and O–H groups in total. The van der Waals surface area contributed by atoms with Gasteiger partial charge in [-0.25, -0.2) is 0 Å². The van der Waals surface area contributed by atoms with E-state index in [1.54, 1.807) is 18.2 Å². The van der Waals surface area contributed by atoms with E-state index in [1.165, 1.54) is 0 Å². The number of benzene rings is 1. The number of aliphatic hydroxyl groups excluding tert-OH is 2. The highest BCUT2D eigenvalue weighted by Gasteiger charge is 2.08. The molecular formula is C13H18O4. The molecule has 0 bridgehead atoms. The Balaban J connectivity index is 2.73. The van der Waals surface area contributed by atoms with Crippen LogP contribution in [0, 0.1) is 6.92 Å². The highest BCUT2D eigenvalue weighted by Crippen LogP contribution is 2.20. The van der Waals surface area contributed by atoms with Crippen LogP contribution in [0.3, 0.4) is 0 Å². The van der Waals surface area contributed by atoms with Crippen molar-refractivity contribution in [2.75, 3.05) is 13.2 Å². The fraction of sp³-hybridized carbons (Fsp3) is 0.462. The van der Waals surface area contributed by atoms with Gasteiger partial charge in [0, 0.05) is 12.0 Å². The van der Waals surface area contributed by atoms with E-state index in [9.17, 15) is 4.79 Å². The lowest BCUT2D eigenvalue weighted by atomic mass is 10.1. The molecule has 0 spiro atoms. The predicted molar refractivity (Wildman–Crippen MR) is 64.4 cm³/mol. The summed E-state index contributed by atoms with van der Waals surface area (Å²) in [4.78, 5) is 11.5. The Morgan fingerprint density at radius 2 is 2.18 bits per heavy atom. The molecule has 0 saturated heterocycles. The molecular weight excluding hydrogens is 220 g/mol. The second-order valence-corrected chi connectivity index (χ2v) is 3.90. The average molecular weight is 238 g/mol. The number of carbonyl (C=O) groups is 1. The fourth-order valence-electron chi connectivity index (χ4n) is 1.43. The molecule has 0 saturated carbocycles. The van der Waals surface area contributed by atoms with Crippen LogP contribution >= 0.6 is 0 Å². The third kappa shape index (κ3) is 3.84. The van der Waals surface area contributed by atoms with Crippen LogP contribution in [0.25, 0.3) is 0 Å². The molecule has 1 rings (SSSR count). The second kappa shape index (κ2) is 6.37. The normalized spacial score (nSPS) is 12.2. The van der Waals surface area contributed by atoms with E-state index in [4.69, 9.17) is 14.9 Å². The monoisotopic (exact) mass is 238 g/mol. The number of hydrogen-bond donors (Lipinski definition) is 2.